The van der Waals surface area contributed by atoms with Crippen molar-refractivity contribution in [1.29, 1.82) is 0 Å². The second-order valence-electron chi connectivity index (χ2n) is 18.2. The lowest BCUT2D eigenvalue weighted by atomic mass is 10.0. The summed E-state index contributed by atoms with van der Waals surface area (Å²) in [4.78, 5) is 18.1. The Balaban J connectivity index is 0.000000203. The number of nitrogens with two attached hydrogens (primary N) is 1. The summed E-state index contributed by atoms with van der Waals surface area (Å²) in [7, 11) is -2.84. The van der Waals surface area contributed by atoms with E-state index in [0.717, 1.165) is 10.4 Å². The Labute approximate surface area is 391 Å². The number of rotatable bonds is 9. The molecule has 4 aliphatic rings. The maximum Gasteiger partial charge on any atom is 0.261 e. The van der Waals surface area contributed by atoms with Gasteiger partial charge >= 0.3 is 0 Å². The molecular formula is C46H57N5O10S3Si. The molecule has 0 aliphatic carbocycles. The maximum absolute atomic E-state index is 12.3. The van der Waals surface area contributed by atoms with E-state index in [9.17, 15) is 15.3 Å². The Kier molecular flexibility index (Phi) is 12.9. The quantitative estimate of drug-likeness (QED) is 0.0744. The van der Waals surface area contributed by atoms with Crippen LogP contribution in [0.2, 0.25) is 5.04 Å². The van der Waals surface area contributed by atoms with Gasteiger partial charge in [0.25, 0.3) is 8.32 Å². The SMILES string of the molecule is C.CC1(C)O[C@H]2[C@@H](O1)C(O)(c1scc3c(N)ncnc13)O[C@@H]2CO.CSc1ncnc2c(C3(O)O[C@H](CO[Si](c4ccccc4)(c4ccccc4)C(C)(C)C)[C@H]4OC(C)(C)O[C@H]43)scc12. The highest BCUT2D eigenvalue weighted by molar-refractivity contribution is 7.98. The number of thiophene rings is 2. The summed E-state index contributed by atoms with van der Waals surface area (Å²) in [6.07, 6.45) is 0.944. The van der Waals surface area contributed by atoms with E-state index in [2.05, 4.69) is 89.2 Å². The number of anilines is 1. The Morgan fingerprint density at radius 1 is 0.708 bits per heavy atom. The standard InChI is InChI=1S/C31H36N2O5S2Si.C14H17N3O5S.CH4/c1-29(2,3)41(20-13-9-7-10-14-20,21-15-11-8-12-16-21)35-17-23-25-26(38-30(4,5)37-25)31(34,36-23)27-24-22(18-40-27)28(39-6)33-19-32-24;1-13(2)21-9-7(3-18)20-14(19,10(9)22-13)11-8-6(4-23-11)12(15)17-5-16-8;/h7-16,18-19,23,25-26,34H,17H2,1-6H3;4-5,7,9-10,18-19H,3H2,1-2H3,(H2,15,16,17);1H4/t23-,25-,26-,31?;7-,9-,10-,14?;/m11./s1. The molecule has 6 aromatic rings. The molecule has 19 heteroatoms. The Bertz CT molecular complexity index is 2590. The van der Waals surface area contributed by atoms with Crippen molar-refractivity contribution in [2.45, 2.75) is 126 Å². The molecule has 348 valence electrons. The van der Waals surface area contributed by atoms with Crippen molar-refractivity contribution >= 4 is 80.8 Å². The summed E-state index contributed by atoms with van der Waals surface area (Å²) >= 11 is 4.21. The molecule has 2 aromatic carbocycles. The monoisotopic (exact) mass is 963 g/mol. The number of nitrogens with zero attached hydrogens (tertiary/aromatic N) is 4. The minimum absolute atomic E-state index is 0. The van der Waals surface area contributed by atoms with Crippen LogP contribution in [-0.4, -0.2) is 111 Å². The van der Waals surface area contributed by atoms with Crippen molar-refractivity contribution in [3.63, 3.8) is 0 Å². The molecule has 4 fully saturated rings. The Morgan fingerprint density at radius 2 is 1.18 bits per heavy atom. The topological polar surface area (TPSA) is 203 Å². The van der Waals surface area contributed by atoms with Crippen molar-refractivity contribution < 1.29 is 48.2 Å². The number of hydrogen-bond acceptors (Lipinski definition) is 18. The van der Waals surface area contributed by atoms with E-state index >= 15 is 0 Å². The number of nitrogen functional groups attached to an aromatic ring is 1. The molecule has 8 atom stereocenters. The van der Waals surface area contributed by atoms with Gasteiger partial charge in [-0.1, -0.05) is 88.9 Å². The number of thioether (sulfide) groups is 1. The van der Waals surface area contributed by atoms with Gasteiger partial charge in [-0.25, -0.2) is 19.9 Å². The molecule has 0 radical (unpaired) electrons. The van der Waals surface area contributed by atoms with Crippen LogP contribution in [0, 0.1) is 0 Å². The molecule has 15 nitrogen and oxygen atoms in total. The molecule has 4 saturated heterocycles. The van der Waals surface area contributed by atoms with Gasteiger partial charge in [0.1, 0.15) is 60.1 Å². The Morgan fingerprint density at radius 3 is 1.69 bits per heavy atom. The highest BCUT2D eigenvalue weighted by Gasteiger charge is 2.66. The molecular weight excluding hydrogens is 907 g/mol. The summed E-state index contributed by atoms with van der Waals surface area (Å²) in [6, 6.07) is 21.0. The van der Waals surface area contributed by atoms with Gasteiger partial charge in [-0.2, -0.15) is 0 Å². The van der Waals surface area contributed by atoms with E-state index in [1.165, 1.54) is 45.7 Å². The first-order valence-corrected chi connectivity index (χ1v) is 25.9. The molecule has 0 bridgehead atoms. The van der Waals surface area contributed by atoms with E-state index in [0.29, 0.717) is 32.0 Å². The van der Waals surface area contributed by atoms with Gasteiger partial charge < -0.3 is 53.9 Å². The largest absolute Gasteiger partial charge is 0.405 e. The highest BCUT2D eigenvalue weighted by Crippen LogP contribution is 2.53. The number of aliphatic hydroxyl groups excluding tert-OH is 1. The minimum atomic E-state index is -2.84. The third-order valence-electron chi connectivity index (χ3n) is 12.1. The van der Waals surface area contributed by atoms with Crippen molar-refractivity contribution in [1.82, 2.24) is 19.9 Å². The van der Waals surface area contributed by atoms with Gasteiger partial charge in [0, 0.05) is 16.1 Å². The average molecular weight is 964 g/mol. The second kappa shape index (κ2) is 17.5. The average Bonchev–Trinajstić information content (AvgIpc) is 4.11. The van der Waals surface area contributed by atoms with Crippen LogP contribution in [0.1, 0.15) is 65.6 Å². The van der Waals surface area contributed by atoms with Crippen LogP contribution in [0.5, 0.6) is 0 Å². The first-order chi connectivity index (χ1) is 30.4. The van der Waals surface area contributed by atoms with E-state index in [1.54, 1.807) is 31.0 Å². The summed E-state index contributed by atoms with van der Waals surface area (Å²) in [5.41, 5.74) is 7.03. The molecule has 0 saturated carbocycles. The van der Waals surface area contributed by atoms with E-state index in [4.69, 9.17) is 38.6 Å². The second-order valence-corrected chi connectivity index (χ2v) is 25.1. The Hall–Kier alpha value is -3.51. The van der Waals surface area contributed by atoms with E-state index in [-0.39, 0.29) is 25.7 Å². The first-order valence-electron chi connectivity index (χ1n) is 21.0. The van der Waals surface area contributed by atoms with Crippen molar-refractivity contribution in [3.8, 4) is 0 Å². The van der Waals surface area contributed by atoms with Crippen molar-refractivity contribution in [2.24, 2.45) is 0 Å². The molecule has 5 N–H and O–H groups in total. The number of benzene rings is 2. The van der Waals surface area contributed by atoms with Crippen LogP contribution >= 0.6 is 34.4 Å². The van der Waals surface area contributed by atoms with Crippen LogP contribution in [0.15, 0.2) is 89.1 Å². The summed E-state index contributed by atoms with van der Waals surface area (Å²) in [5.74, 6) is -4.96. The molecule has 8 heterocycles. The first kappa shape index (κ1) is 48.0. The van der Waals surface area contributed by atoms with Crippen molar-refractivity contribution in [2.75, 3.05) is 25.2 Å². The van der Waals surface area contributed by atoms with Gasteiger partial charge in [-0.15, -0.1) is 34.4 Å². The number of ether oxygens (including phenoxy) is 6. The predicted molar refractivity (Wildman–Crippen MR) is 254 cm³/mol. The number of fused-ring (bicyclic) bond motifs is 4. The summed E-state index contributed by atoms with van der Waals surface area (Å²) in [5, 5.41) is 41.3. The van der Waals surface area contributed by atoms with Crippen LogP contribution < -0.4 is 16.1 Å². The summed E-state index contributed by atoms with van der Waals surface area (Å²) in [6.45, 7) is 13.9. The smallest absolute Gasteiger partial charge is 0.261 e. The maximum atomic E-state index is 12.3. The third kappa shape index (κ3) is 8.13. The molecule has 0 spiro atoms. The van der Waals surface area contributed by atoms with Crippen LogP contribution in [0.4, 0.5) is 5.82 Å². The fourth-order valence-corrected chi connectivity index (χ4v) is 16.8. The van der Waals surface area contributed by atoms with Gasteiger partial charge in [0.2, 0.25) is 11.6 Å². The fourth-order valence-electron chi connectivity index (χ4n) is 9.45. The molecule has 2 unspecified atom stereocenters. The van der Waals surface area contributed by atoms with Crippen LogP contribution in [0.3, 0.4) is 0 Å². The molecule has 4 aromatic heterocycles. The normalized spacial score (nSPS) is 29.0. The zero-order valence-corrected chi connectivity index (χ0v) is 40.2. The van der Waals surface area contributed by atoms with Gasteiger partial charge in [0.05, 0.1) is 39.4 Å². The number of hydrogen-bond donors (Lipinski definition) is 4. The molecule has 10 rings (SSSR count). The van der Waals surface area contributed by atoms with E-state index < -0.39 is 68.1 Å². The van der Waals surface area contributed by atoms with Crippen molar-refractivity contribution in [3.05, 3.63) is 93.8 Å². The summed E-state index contributed by atoms with van der Waals surface area (Å²) < 4.78 is 43.8. The third-order valence-corrected chi connectivity index (χ3v) is 20.0. The molecule has 4 aliphatic heterocycles. The number of aromatic nitrogens is 4. The number of aliphatic hydroxyl groups is 3. The lowest BCUT2D eigenvalue weighted by Gasteiger charge is -2.43. The highest BCUT2D eigenvalue weighted by atomic mass is 32.2. The zero-order chi connectivity index (χ0) is 45.5. The van der Waals surface area contributed by atoms with E-state index in [1.807, 2.05) is 37.6 Å². The lowest BCUT2D eigenvalue weighted by molar-refractivity contribution is -0.281. The predicted octanol–water partition coefficient (Wildman–Crippen LogP) is 6.02. The van der Waals surface area contributed by atoms with Crippen LogP contribution in [-0.2, 0) is 44.4 Å². The lowest BCUT2D eigenvalue weighted by Crippen LogP contribution is -2.67. The van der Waals surface area contributed by atoms with Gasteiger partial charge in [-0.3, -0.25) is 0 Å². The van der Waals surface area contributed by atoms with Crippen LogP contribution in [0.25, 0.3) is 21.8 Å². The molecule has 65 heavy (non-hydrogen) atoms. The minimum Gasteiger partial charge on any atom is -0.405 e. The van der Waals surface area contributed by atoms with Gasteiger partial charge in [-0.05, 0) is 49.4 Å². The molecule has 0 amide bonds. The van der Waals surface area contributed by atoms with Gasteiger partial charge in [0.15, 0.2) is 11.6 Å². The zero-order valence-electron chi connectivity index (χ0n) is 36.8. The fraction of sp³-hybridized carbons (Fsp3) is 0.478.